The Morgan fingerprint density at radius 1 is 0.635 bits per heavy atom. The maximum absolute atomic E-state index is 13.6. The van der Waals surface area contributed by atoms with E-state index in [4.69, 9.17) is 10.8 Å². The summed E-state index contributed by atoms with van der Waals surface area (Å²) in [6, 6.07) is 24.5. The molecule has 63 heavy (non-hydrogen) atoms. The molecule has 0 heterocycles. The molecule has 0 aromatic heterocycles. The number of nitro groups is 1. The number of nitrogens with two attached hydrogens (primary N) is 1. The quantitative estimate of drug-likeness (QED) is 0.0361. The summed E-state index contributed by atoms with van der Waals surface area (Å²) in [4.78, 5) is 33.3. The first-order chi connectivity index (χ1) is 29.0. The van der Waals surface area contributed by atoms with Crippen LogP contribution in [0.25, 0.3) is 0 Å². The van der Waals surface area contributed by atoms with Gasteiger partial charge in [-0.1, -0.05) is 90.5 Å². The minimum atomic E-state index is -3.81. The van der Waals surface area contributed by atoms with Crippen molar-refractivity contribution in [3.05, 3.63) is 178 Å². The molecule has 2 unspecified atom stereocenters. The van der Waals surface area contributed by atoms with Crippen molar-refractivity contribution in [1.82, 2.24) is 4.72 Å². The number of nitrogens with one attached hydrogen (secondary N) is 1. The van der Waals surface area contributed by atoms with E-state index >= 15 is 0 Å². The first-order valence-electron chi connectivity index (χ1n) is 20.5. The van der Waals surface area contributed by atoms with Gasteiger partial charge in [-0.05, 0) is 161 Å². The number of sulfonamides is 1. The number of carbonyl (C=O) groups excluding carboxylic acids is 1. The summed E-state index contributed by atoms with van der Waals surface area (Å²) >= 11 is 0. The Balaban J connectivity index is 0.000000356. The van der Waals surface area contributed by atoms with Crippen molar-refractivity contribution in [2.45, 2.75) is 106 Å². The molecule has 0 amide bonds. The molecule has 13 heteroatoms. The number of ether oxygens (including phenoxy) is 1. The van der Waals surface area contributed by atoms with Crippen LogP contribution < -0.4 is 10.5 Å². The van der Waals surface area contributed by atoms with Crippen molar-refractivity contribution < 1.29 is 52.3 Å². The number of esters is 1. The molecule has 0 aliphatic heterocycles. The molecule has 0 fully saturated rings. The van der Waals surface area contributed by atoms with E-state index in [9.17, 15) is 28.1 Å². The average molecular weight is 967 g/mol. The van der Waals surface area contributed by atoms with Crippen molar-refractivity contribution in [3.63, 3.8) is 0 Å². The van der Waals surface area contributed by atoms with Crippen LogP contribution in [0.2, 0.25) is 0 Å². The number of benzene rings is 5. The van der Waals surface area contributed by atoms with Gasteiger partial charge in [0.05, 0.1) is 30.0 Å². The molecule has 5 aromatic rings. The van der Waals surface area contributed by atoms with Gasteiger partial charge in [-0.15, -0.1) is 0 Å². The number of hydrogen-bond donors (Lipinski definition) is 3. The summed E-state index contributed by atoms with van der Waals surface area (Å²) in [5, 5.41) is 19.9. The number of nitrogens with zero attached hydrogens (tertiary/aromatic N) is 1. The average Bonchev–Trinajstić information content (AvgIpc) is 3.25. The Morgan fingerprint density at radius 2 is 1.00 bits per heavy atom. The molecule has 5 rings (SSSR count). The molecule has 0 radical (unpaired) electrons. The van der Waals surface area contributed by atoms with Gasteiger partial charge in [-0.2, -0.15) is 0 Å². The molecule has 0 aliphatic carbocycles. The maximum atomic E-state index is 13.6. The first-order valence-corrected chi connectivity index (χ1v) is 21.9. The Morgan fingerprint density at radius 3 is 1.35 bits per heavy atom. The second-order valence-corrected chi connectivity index (χ2v) is 17.7. The molecule has 5 aromatic carbocycles. The predicted molar refractivity (Wildman–Crippen MR) is 247 cm³/mol. The van der Waals surface area contributed by atoms with Crippen LogP contribution in [0.3, 0.4) is 0 Å². The third-order valence-corrected chi connectivity index (χ3v) is 14.2. The summed E-state index contributed by atoms with van der Waals surface area (Å²) < 4.78 is 34.7. The van der Waals surface area contributed by atoms with Crippen LogP contribution in [0.5, 0.6) is 0 Å². The second kappa shape index (κ2) is 23.6. The zero-order valence-electron chi connectivity index (χ0n) is 38.7. The van der Waals surface area contributed by atoms with E-state index in [2.05, 4.69) is 51.0 Å². The van der Waals surface area contributed by atoms with Crippen molar-refractivity contribution in [1.29, 1.82) is 0 Å². The molecule has 340 valence electrons. The normalized spacial score (nSPS) is 12.8. The van der Waals surface area contributed by atoms with Gasteiger partial charge in [0.2, 0.25) is 16.6 Å². The molecule has 0 spiro atoms. The molecule has 0 saturated carbocycles. The van der Waals surface area contributed by atoms with Crippen LogP contribution in [-0.4, -0.2) is 44.0 Å². The number of carboxylic acid groups (broad SMARTS) is 1. The van der Waals surface area contributed by atoms with E-state index in [1.807, 2.05) is 102 Å². The zero-order chi connectivity index (χ0) is 46.8. The Bertz CT molecular complexity index is 2360. The molecular formula is C50H63N3O8RuS. The first kappa shape index (κ1) is 54.1. The molecule has 0 aliphatic rings. The smallest absolute Gasteiger partial charge is 0.320 e. The van der Waals surface area contributed by atoms with Gasteiger partial charge < -0.3 is 15.6 Å². The number of aryl methyl sites for hydroxylation is 1. The van der Waals surface area contributed by atoms with Gasteiger partial charge >= 0.3 is 11.9 Å². The standard InChI is InChI=1S/C25H30N2O2S.C13H15NO6.C12H18.Ru/c1-16-17(2)19(4)25(20(5)18(16)3)30(28,29)27-24(22-14-10-7-11-15-22)23(26)21-12-8-6-9-13-21;1-8-3-5-9(6-4-8)10(7-14(18)19)11(12(15)16)13(17)20-2;1-7-8(2)10(4)12(6)11(5)9(7)3;/h6-15,23-24,27H,26H2,1-5H3;3-6,10-11H,7H2,1-2H3,(H,15,16);1-6H3;/t23-,24-;;;/m0.../s1. The molecule has 11 nitrogen and oxygen atoms in total. The van der Waals surface area contributed by atoms with Gasteiger partial charge in [0.1, 0.15) is 0 Å². The van der Waals surface area contributed by atoms with Crippen molar-refractivity contribution >= 4 is 22.0 Å². The van der Waals surface area contributed by atoms with Crippen molar-refractivity contribution in [2.75, 3.05) is 13.7 Å². The minimum Gasteiger partial charge on any atom is -0.481 e. The van der Waals surface area contributed by atoms with Crippen LogP contribution in [0.4, 0.5) is 0 Å². The van der Waals surface area contributed by atoms with E-state index in [1.165, 1.54) is 33.4 Å². The molecule has 0 bridgehead atoms. The fourth-order valence-electron chi connectivity index (χ4n) is 7.60. The monoisotopic (exact) mass is 967 g/mol. The summed E-state index contributed by atoms with van der Waals surface area (Å²) in [5.41, 5.74) is 23.1. The zero-order valence-corrected chi connectivity index (χ0v) is 41.2. The van der Waals surface area contributed by atoms with Crippen LogP contribution in [0.1, 0.15) is 101 Å². The number of hydrogen-bond acceptors (Lipinski definition) is 8. The number of carbonyl (C=O) groups is 2. The van der Waals surface area contributed by atoms with Gasteiger partial charge in [-0.25, -0.2) is 13.1 Å². The molecule has 4 N–H and O–H groups in total. The van der Waals surface area contributed by atoms with E-state index < -0.39 is 57.3 Å². The number of aliphatic carboxylic acids is 1. The van der Waals surface area contributed by atoms with E-state index in [0.717, 1.165) is 51.6 Å². The number of carboxylic acids is 1. The van der Waals surface area contributed by atoms with Gasteiger partial charge in [0.15, 0.2) is 5.92 Å². The molecular weight excluding hydrogens is 904 g/mol. The summed E-state index contributed by atoms with van der Waals surface area (Å²) in [5.74, 6) is -5.11. The SMILES string of the molecule is COC(=O)C(C(=O)O)C(C[N+](=O)[O-])c1ccc(C)cc1.Cc1c(C)c(C)c(C)c(C)c1C.Cc1c(C)c(C)c(S(=O)(=O)N[C@@H](c2ccccc2)[C@@H](N)c2ccccc2)c(C)c1C.[Ru]. The van der Waals surface area contributed by atoms with Crippen molar-refractivity contribution in [3.8, 4) is 0 Å². The number of rotatable bonds is 12. The maximum Gasteiger partial charge on any atom is 0.320 e. The second-order valence-electron chi connectivity index (χ2n) is 16.0. The van der Waals surface area contributed by atoms with Gasteiger partial charge in [-0.3, -0.25) is 19.7 Å². The Kier molecular flexibility index (Phi) is 20.2. The summed E-state index contributed by atoms with van der Waals surface area (Å²) in [7, 11) is -2.76. The topological polar surface area (TPSA) is 179 Å². The molecule has 0 saturated heterocycles. The third-order valence-electron chi connectivity index (χ3n) is 12.5. The third kappa shape index (κ3) is 13.2. The summed E-state index contributed by atoms with van der Waals surface area (Å²) in [6.07, 6.45) is 0. The Hall–Kier alpha value is -5.07. The van der Waals surface area contributed by atoms with Gasteiger partial charge in [0.25, 0.3) is 0 Å². The van der Waals surface area contributed by atoms with E-state index in [1.54, 1.807) is 24.3 Å². The van der Waals surface area contributed by atoms with E-state index in [0.29, 0.717) is 10.5 Å². The number of methoxy groups -OCH3 is 1. The fourth-order valence-corrected chi connectivity index (χ4v) is 9.45. The largest absolute Gasteiger partial charge is 0.481 e. The van der Waals surface area contributed by atoms with E-state index in [-0.39, 0.29) is 19.5 Å². The fraction of sp³-hybridized carbons (Fsp3) is 0.360. The van der Waals surface area contributed by atoms with Crippen LogP contribution in [0.15, 0.2) is 89.8 Å². The molecule has 4 atom stereocenters. The van der Waals surface area contributed by atoms with Crippen molar-refractivity contribution in [2.24, 2.45) is 11.7 Å². The predicted octanol–water partition coefficient (Wildman–Crippen LogP) is 9.71. The van der Waals surface area contributed by atoms with Crippen LogP contribution in [0, 0.1) is 99.1 Å². The van der Waals surface area contributed by atoms with Gasteiger partial charge in [0, 0.05) is 24.4 Å². The summed E-state index contributed by atoms with van der Waals surface area (Å²) in [6.45, 7) is 24.2. The van der Waals surface area contributed by atoms with Crippen LogP contribution >= 0.6 is 0 Å². The Labute approximate surface area is 386 Å². The van der Waals surface area contributed by atoms with Crippen LogP contribution in [-0.2, 0) is 43.8 Å². The minimum absolute atomic E-state index is 0.